The molecule has 0 saturated heterocycles. The van der Waals surface area contributed by atoms with Gasteiger partial charge in [0.25, 0.3) is 0 Å². The van der Waals surface area contributed by atoms with Gasteiger partial charge in [0.05, 0.1) is 14.2 Å². The molecule has 1 fully saturated rings. The van der Waals surface area contributed by atoms with E-state index < -0.39 is 0 Å². The van der Waals surface area contributed by atoms with Gasteiger partial charge >= 0.3 is 0 Å². The molecular weight excluding hydrogens is 312 g/mol. The molecule has 0 heterocycles. The molecule has 0 aromatic heterocycles. The molecule has 0 amide bonds. The lowest BCUT2D eigenvalue weighted by Crippen LogP contribution is -2.11. The molecule has 0 N–H and O–H groups in total. The van der Waals surface area contributed by atoms with Crippen LogP contribution in [-0.2, 0) is 4.79 Å². The molecule has 3 nitrogen and oxygen atoms in total. The molecule has 2 aromatic rings. The quantitative estimate of drug-likeness (QED) is 0.744. The molecule has 0 spiro atoms. The maximum absolute atomic E-state index is 12.5. The van der Waals surface area contributed by atoms with Gasteiger partial charge < -0.3 is 9.47 Å². The maximum Gasteiger partial charge on any atom is 0.163 e. The first-order valence-corrected chi connectivity index (χ1v) is 8.43. The van der Waals surface area contributed by atoms with Gasteiger partial charge in [-0.25, -0.2) is 0 Å². The standard InChI is InChI=1S/C22H22O3/c1-24-19-10-6-16(7-11-19)14-18-4-3-5-22(23)21(18)15-17-8-12-20(25-2)13-9-17/h6-15H,3-5H2,1-2H3. The van der Waals surface area contributed by atoms with Crippen molar-refractivity contribution in [3.63, 3.8) is 0 Å². The number of methoxy groups -OCH3 is 2. The van der Waals surface area contributed by atoms with Gasteiger partial charge in [0.1, 0.15) is 11.5 Å². The highest BCUT2D eigenvalue weighted by Crippen LogP contribution is 2.30. The van der Waals surface area contributed by atoms with Gasteiger partial charge in [-0.2, -0.15) is 0 Å². The fraction of sp³-hybridized carbons (Fsp3) is 0.227. The summed E-state index contributed by atoms with van der Waals surface area (Å²) in [5, 5.41) is 0. The summed E-state index contributed by atoms with van der Waals surface area (Å²) in [6.45, 7) is 0. The molecule has 25 heavy (non-hydrogen) atoms. The number of carbonyl (C=O) groups is 1. The number of Topliss-reactive ketones (excluding diaryl/α,β-unsaturated/α-hetero) is 1. The van der Waals surface area contributed by atoms with Crippen LogP contribution in [0.2, 0.25) is 0 Å². The van der Waals surface area contributed by atoms with Crippen molar-refractivity contribution in [2.24, 2.45) is 0 Å². The Morgan fingerprint density at radius 1 is 0.760 bits per heavy atom. The van der Waals surface area contributed by atoms with Gasteiger partial charge in [-0.3, -0.25) is 4.79 Å². The molecule has 0 radical (unpaired) electrons. The minimum Gasteiger partial charge on any atom is -0.497 e. The molecule has 128 valence electrons. The Morgan fingerprint density at radius 3 is 1.80 bits per heavy atom. The first kappa shape index (κ1) is 17.0. The zero-order valence-corrected chi connectivity index (χ0v) is 14.6. The second-order valence-corrected chi connectivity index (χ2v) is 6.05. The van der Waals surface area contributed by atoms with Crippen LogP contribution in [0, 0.1) is 0 Å². The van der Waals surface area contributed by atoms with Crippen molar-refractivity contribution < 1.29 is 14.3 Å². The van der Waals surface area contributed by atoms with Crippen molar-refractivity contribution in [3.8, 4) is 11.5 Å². The Morgan fingerprint density at radius 2 is 1.28 bits per heavy atom. The van der Waals surface area contributed by atoms with E-state index in [1.807, 2.05) is 54.6 Å². The van der Waals surface area contributed by atoms with Crippen LogP contribution in [0.3, 0.4) is 0 Å². The minimum atomic E-state index is 0.210. The highest BCUT2D eigenvalue weighted by molar-refractivity contribution is 6.05. The van der Waals surface area contributed by atoms with E-state index in [9.17, 15) is 4.79 Å². The number of benzene rings is 2. The molecule has 2 aromatic carbocycles. The Balaban J connectivity index is 1.93. The zero-order valence-electron chi connectivity index (χ0n) is 14.6. The Hall–Kier alpha value is -2.81. The van der Waals surface area contributed by atoms with E-state index in [-0.39, 0.29) is 5.78 Å². The molecule has 0 unspecified atom stereocenters. The van der Waals surface area contributed by atoms with Crippen LogP contribution in [0.25, 0.3) is 12.2 Å². The third kappa shape index (κ3) is 4.18. The van der Waals surface area contributed by atoms with Crippen molar-refractivity contribution in [1.29, 1.82) is 0 Å². The molecule has 1 saturated carbocycles. The number of ether oxygens (including phenoxy) is 2. The fourth-order valence-electron chi connectivity index (χ4n) is 2.98. The largest absolute Gasteiger partial charge is 0.497 e. The van der Waals surface area contributed by atoms with Gasteiger partial charge in [-0.05, 0) is 59.9 Å². The molecule has 0 bridgehead atoms. The lowest BCUT2D eigenvalue weighted by molar-refractivity contribution is -0.115. The van der Waals surface area contributed by atoms with E-state index in [0.29, 0.717) is 6.42 Å². The summed E-state index contributed by atoms with van der Waals surface area (Å²) in [5.74, 6) is 1.85. The van der Waals surface area contributed by atoms with Gasteiger partial charge in [0.2, 0.25) is 0 Å². The van der Waals surface area contributed by atoms with E-state index in [2.05, 4.69) is 6.08 Å². The fourth-order valence-corrected chi connectivity index (χ4v) is 2.98. The predicted molar refractivity (Wildman–Crippen MR) is 101 cm³/mol. The first-order valence-electron chi connectivity index (χ1n) is 8.43. The van der Waals surface area contributed by atoms with Crippen LogP contribution in [0.5, 0.6) is 11.5 Å². The predicted octanol–water partition coefficient (Wildman–Crippen LogP) is 4.92. The smallest absolute Gasteiger partial charge is 0.163 e. The average Bonchev–Trinajstić information content (AvgIpc) is 2.66. The third-order valence-corrected chi connectivity index (χ3v) is 4.38. The SMILES string of the molecule is COc1ccc(C=C2CCCC(=O)C2=Cc2ccc(OC)cc2)cc1. The molecule has 1 aliphatic carbocycles. The van der Waals surface area contributed by atoms with Gasteiger partial charge in [-0.1, -0.05) is 30.3 Å². The summed E-state index contributed by atoms with van der Waals surface area (Å²) in [6.07, 6.45) is 6.52. The number of hydrogen-bond acceptors (Lipinski definition) is 3. The van der Waals surface area contributed by atoms with Crippen LogP contribution in [0.15, 0.2) is 59.7 Å². The Bertz CT molecular complexity index is 796. The minimum absolute atomic E-state index is 0.210. The van der Waals surface area contributed by atoms with E-state index in [1.165, 1.54) is 0 Å². The van der Waals surface area contributed by atoms with Gasteiger partial charge in [-0.15, -0.1) is 0 Å². The van der Waals surface area contributed by atoms with Crippen molar-refractivity contribution in [2.75, 3.05) is 14.2 Å². The zero-order chi connectivity index (χ0) is 17.6. The summed E-state index contributed by atoms with van der Waals surface area (Å²) in [4.78, 5) is 12.5. The number of ketones is 1. The van der Waals surface area contributed by atoms with Crippen LogP contribution < -0.4 is 9.47 Å². The molecule has 0 atom stereocenters. The van der Waals surface area contributed by atoms with Crippen molar-refractivity contribution >= 4 is 17.9 Å². The number of allylic oxidation sites excluding steroid dienone is 2. The molecule has 0 aliphatic heterocycles. The number of hydrogen-bond donors (Lipinski definition) is 0. The van der Waals surface area contributed by atoms with E-state index in [1.54, 1.807) is 14.2 Å². The van der Waals surface area contributed by atoms with Crippen LogP contribution in [-0.4, -0.2) is 20.0 Å². The molecule has 1 aliphatic rings. The molecular formula is C22H22O3. The first-order chi connectivity index (χ1) is 12.2. The Labute approximate surface area is 148 Å². The monoisotopic (exact) mass is 334 g/mol. The van der Waals surface area contributed by atoms with E-state index >= 15 is 0 Å². The van der Waals surface area contributed by atoms with Gasteiger partial charge in [0, 0.05) is 12.0 Å². The highest BCUT2D eigenvalue weighted by Gasteiger charge is 2.20. The summed E-state index contributed by atoms with van der Waals surface area (Å²) in [7, 11) is 3.30. The normalized spacial score (nSPS) is 17.8. The lowest BCUT2D eigenvalue weighted by Gasteiger charge is -2.17. The summed E-state index contributed by atoms with van der Waals surface area (Å²) in [5.41, 5.74) is 3.99. The van der Waals surface area contributed by atoms with Crippen molar-refractivity contribution in [1.82, 2.24) is 0 Å². The summed E-state index contributed by atoms with van der Waals surface area (Å²) in [6, 6.07) is 15.6. The van der Waals surface area contributed by atoms with E-state index in [0.717, 1.165) is 46.6 Å². The van der Waals surface area contributed by atoms with Crippen molar-refractivity contribution in [2.45, 2.75) is 19.3 Å². The maximum atomic E-state index is 12.5. The van der Waals surface area contributed by atoms with Crippen LogP contribution in [0.1, 0.15) is 30.4 Å². The van der Waals surface area contributed by atoms with Crippen molar-refractivity contribution in [3.05, 3.63) is 70.8 Å². The van der Waals surface area contributed by atoms with Gasteiger partial charge in [0.15, 0.2) is 5.78 Å². The molecule has 3 rings (SSSR count). The summed E-state index contributed by atoms with van der Waals surface area (Å²) >= 11 is 0. The highest BCUT2D eigenvalue weighted by atomic mass is 16.5. The molecule has 3 heteroatoms. The van der Waals surface area contributed by atoms with E-state index in [4.69, 9.17) is 9.47 Å². The Kier molecular flexibility index (Phi) is 5.34. The summed E-state index contributed by atoms with van der Waals surface area (Å²) < 4.78 is 10.4. The average molecular weight is 334 g/mol. The van der Waals surface area contributed by atoms with Crippen LogP contribution in [0.4, 0.5) is 0 Å². The number of carbonyl (C=O) groups excluding carboxylic acids is 1. The topological polar surface area (TPSA) is 35.5 Å². The lowest BCUT2D eigenvalue weighted by atomic mass is 9.86. The third-order valence-electron chi connectivity index (χ3n) is 4.38. The van der Waals surface area contributed by atoms with Crippen LogP contribution >= 0.6 is 0 Å². The number of rotatable bonds is 4. The second-order valence-electron chi connectivity index (χ2n) is 6.05. The second kappa shape index (κ2) is 7.84.